The number of aryl methyl sites for hydroxylation is 2. The van der Waals surface area contributed by atoms with Crippen LogP contribution in [-0.2, 0) is 0 Å². The number of hydrogen-bond donors (Lipinski definition) is 0. The average molecular weight is 352 g/mol. The lowest BCUT2D eigenvalue weighted by Gasteiger charge is -2.36. The Morgan fingerprint density at radius 3 is 2.62 bits per heavy atom. The number of benzene rings is 1. The van der Waals surface area contributed by atoms with Crippen molar-refractivity contribution in [1.82, 2.24) is 19.8 Å². The predicted octanol–water partition coefficient (Wildman–Crippen LogP) is 2.07. The van der Waals surface area contributed by atoms with Crippen LogP contribution in [0.25, 0.3) is 0 Å². The van der Waals surface area contributed by atoms with Gasteiger partial charge in [-0.2, -0.15) is 0 Å². The number of carbonyl (C=O) groups is 1. The summed E-state index contributed by atoms with van der Waals surface area (Å²) in [5, 5.41) is 0. The molecule has 6 nitrogen and oxygen atoms in total. The minimum absolute atomic E-state index is 0.0277. The van der Waals surface area contributed by atoms with Gasteiger partial charge in [0.25, 0.3) is 5.91 Å². The fourth-order valence-corrected chi connectivity index (χ4v) is 3.74. The molecule has 2 aliphatic rings. The zero-order chi connectivity index (χ0) is 18.1. The molecule has 4 rings (SSSR count). The molecule has 2 aliphatic heterocycles. The van der Waals surface area contributed by atoms with E-state index in [0.29, 0.717) is 11.7 Å². The van der Waals surface area contributed by atoms with E-state index in [0.717, 1.165) is 44.0 Å². The molecule has 0 saturated carbocycles. The van der Waals surface area contributed by atoms with Crippen LogP contribution in [0, 0.1) is 13.8 Å². The fraction of sp³-hybridized carbons (Fsp3) is 0.450. The number of hydrogen-bond acceptors (Lipinski definition) is 5. The molecule has 0 spiro atoms. The first-order chi connectivity index (χ1) is 12.6. The average Bonchev–Trinajstić information content (AvgIpc) is 3.05. The molecule has 2 fully saturated rings. The lowest BCUT2D eigenvalue weighted by molar-refractivity contribution is 0.0563. The van der Waals surface area contributed by atoms with Gasteiger partial charge in [0, 0.05) is 44.8 Å². The normalized spacial score (nSPS) is 22.9. The molecule has 136 valence electrons. The van der Waals surface area contributed by atoms with Crippen molar-refractivity contribution < 1.29 is 9.53 Å². The number of fused-ring (bicyclic) bond motifs is 1. The summed E-state index contributed by atoms with van der Waals surface area (Å²) in [4.78, 5) is 25.4. The van der Waals surface area contributed by atoms with E-state index in [2.05, 4.69) is 33.9 Å². The molecule has 2 aromatic rings. The summed E-state index contributed by atoms with van der Waals surface area (Å²) < 4.78 is 6.15. The first kappa shape index (κ1) is 17.0. The minimum Gasteiger partial charge on any atom is -0.489 e. The predicted molar refractivity (Wildman–Crippen MR) is 98.2 cm³/mol. The summed E-state index contributed by atoms with van der Waals surface area (Å²) in [6.45, 7) is 7.19. The molecule has 1 aromatic heterocycles. The number of carbonyl (C=O) groups excluding carboxylic acids is 1. The molecule has 2 atom stereocenters. The highest BCUT2D eigenvalue weighted by molar-refractivity contribution is 5.92. The van der Waals surface area contributed by atoms with Crippen molar-refractivity contribution in [3.63, 3.8) is 0 Å². The van der Waals surface area contributed by atoms with Gasteiger partial charge >= 0.3 is 0 Å². The van der Waals surface area contributed by atoms with Crippen molar-refractivity contribution in [2.75, 3.05) is 26.2 Å². The quantitative estimate of drug-likeness (QED) is 0.846. The van der Waals surface area contributed by atoms with E-state index in [1.54, 1.807) is 12.4 Å². The molecular weight excluding hydrogens is 328 g/mol. The van der Waals surface area contributed by atoms with E-state index in [-0.39, 0.29) is 12.0 Å². The summed E-state index contributed by atoms with van der Waals surface area (Å²) in [5.41, 5.74) is 2.47. The Bertz CT molecular complexity index is 775. The van der Waals surface area contributed by atoms with Gasteiger partial charge in [0.1, 0.15) is 17.5 Å². The zero-order valence-electron chi connectivity index (χ0n) is 15.3. The van der Waals surface area contributed by atoms with E-state index < -0.39 is 0 Å². The van der Waals surface area contributed by atoms with Crippen LogP contribution in [0.5, 0.6) is 5.75 Å². The molecule has 3 heterocycles. The molecule has 1 amide bonds. The van der Waals surface area contributed by atoms with Crippen molar-refractivity contribution in [2.45, 2.75) is 32.4 Å². The summed E-state index contributed by atoms with van der Waals surface area (Å²) in [5.74, 6) is 0.892. The van der Waals surface area contributed by atoms with Crippen LogP contribution in [0.1, 0.15) is 28.2 Å². The molecule has 0 bridgehead atoms. The van der Waals surface area contributed by atoms with Gasteiger partial charge in [0.15, 0.2) is 0 Å². The highest BCUT2D eigenvalue weighted by atomic mass is 16.5. The van der Waals surface area contributed by atoms with E-state index in [1.807, 2.05) is 24.0 Å². The third-order valence-electron chi connectivity index (χ3n) is 5.19. The second-order valence-corrected chi connectivity index (χ2v) is 7.23. The van der Waals surface area contributed by atoms with Crippen LogP contribution >= 0.6 is 0 Å². The van der Waals surface area contributed by atoms with Crippen LogP contribution in [-0.4, -0.2) is 64.0 Å². The van der Waals surface area contributed by atoms with Crippen LogP contribution in [0.4, 0.5) is 0 Å². The van der Waals surface area contributed by atoms with Gasteiger partial charge in [-0.25, -0.2) is 4.98 Å². The fourth-order valence-electron chi connectivity index (χ4n) is 3.74. The number of rotatable bonds is 3. The van der Waals surface area contributed by atoms with Crippen molar-refractivity contribution >= 4 is 5.91 Å². The summed E-state index contributed by atoms with van der Waals surface area (Å²) in [7, 11) is 0. The number of nitrogens with zero attached hydrogens (tertiary/aromatic N) is 4. The van der Waals surface area contributed by atoms with E-state index in [9.17, 15) is 4.79 Å². The van der Waals surface area contributed by atoms with Crippen molar-refractivity contribution in [1.29, 1.82) is 0 Å². The van der Waals surface area contributed by atoms with Crippen LogP contribution in [0.15, 0.2) is 36.7 Å². The van der Waals surface area contributed by atoms with Gasteiger partial charge in [-0.1, -0.05) is 17.7 Å². The Morgan fingerprint density at radius 2 is 1.88 bits per heavy atom. The molecule has 1 aromatic carbocycles. The van der Waals surface area contributed by atoms with Crippen molar-refractivity contribution in [3.8, 4) is 5.75 Å². The number of ether oxygens (including phenoxy) is 1. The molecule has 0 unspecified atom stereocenters. The number of amides is 1. The van der Waals surface area contributed by atoms with E-state index >= 15 is 0 Å². The summed E-state index contributed by atoms with van der Waals surface area (Å²) >= 11 is 0. The maximum atomic E-state index is 12.7. The maximum Gasteiger partial charge on any atom is 0.274 e. The lowest BCUT2D eigenvalue weighted by Crippen LogP contribution is -2.52. The minimum atomic E-state index is -0.0277. The third kappa shape index (κ3) is 3.55. The molecule has 26 heavy (non-hydrogen) atoms. The Labute approximate surface area is 153 Å². The Hall–Kier alpha value is -2.47. The molecule has 0 radical (unpaired) electrons. The lowest BCUT2D eigenvalue weighted by atomic mass is 10.1. The smallest absolute Gasteiger partial charge is 0.274 e. The standard InChI is InChI=1S/C20H24N4O2/c1-14-3-5-17(6-4-14)26-18-9-16-12-24(8-7-23(16)13-18)20(25)19-11-21-15(2)10-22-19/h3-6,10-11,16,18H,7-9,12-13H2,1-2H3/t16-,18+/m0/s1. The Morgan fingerprint density at radius 1 is 1.08 bits per heavy atom. The van der Waals surface area contributed by atoms with Crippen LogP contribution < -0.4 is 4.74 Å². The van der Waals surface area contributed by atoms with Gasteiger partial charge < -0.3 is 9.64 Å². The number of aromatic nitrogens is 2. The zero-order valence-corrected chi connectivity index (χ0v) is 15.3. The largest absolute Gasteiger partial charge is 0.489 e. The van der Waals surface area contributed by atoms with Gasteiger partial charge in [-0.15, -0.1) is 0 Å². The SMILES string of the molecule is Cc1ccc(O[C@@H]2C[C@H]3CN(C(=O)c4cnc(C)cn4)CCN3C2)cc1. The second kappa shape index (κ2) is 7.03. The molecule has 6 heteroatoms. The maximum absolute atomic E-state index is 12.7. The van der Waals surface area contributed by atoms with Crippen molar-refractivity contribution in [3.05, 3.63) is 53.6 Å². The van der Waals surface area contributed by atoms with E-state index in [4.69, 9.17) is 4.74 Å². The Kier molecular flexibility index (Phi) is 4.59. The molecule has 0 N–H and O–H groups in total. The first-order valence-electron chi connectivity index (χ1n) is 9.14. The third-order valence-corrected chi connectivity index (χ3v) is 5.19. The number of piperazine rings is 1. The van der Waals surface area contributed by atoms with Gasteiger partial charge in [0.05, 0.1) is 11.9 Å². The summed E-state index contributed by atoms with van der Waals surface area (Å²) in [6, 6.07) is 8.54. The van der Waals surface area contributed by atoms with Gasteiger partial charge in [-0.05, 0) is 26.0 Å². The highest BCUT2D eigenvalue weighted by Gasteiger charge is 2.38. The van der Waals surface area contributed by atoms with Crippen LogP contribution in [0.3, 0.4) is 0 Å². The summed E-state index contributed by atoms with van der Waals surface area (Å²) in [6.07, 6.45) is 4.33. The van der Waals surface area contributed by atoms with Gasteiger partial charge in [0.2, 0.25) is 0 Å². The first-order valence-corrected chi connectivity index (χ1v) is 9.14. The van der Waals surface area contributed by atoms with Gasteiger partial charge in [-0.3, -0.25) is 14.7 Å². The highest BCUT2D eigenvalue weighted by Crippen LogP contribution is 2.26. The second-order valence-electron chi connectivity index (χ2n) is 7.23. The molecule has 0 aliphatic carbocycles. The Balaban J connectivity index is 1.37. The molecular formula is C20H24N4O2. The van der Waals surface area contributed by atoms with E-state index in [1.165, 1.54) is 5.56 Å². The van der Waals surface area contributed by atoms with Crippen LogP contribution in [0.2, 0.25) is 0 Å². The topological polar surface area (TPSA) is 58.6 Å². The molecule has 2 saturated heterocycles. The van der Waals surface area contributed by atoms with Crippen molar-refractivity contribution in [2.24, 2.45) is 0 Å². The monoisotopic (exact) mass is 352 g/mol.